The number of aryl methyl sites for hydroxylation is 2. The summed E-state index contributed by atoms with van der Waals surface area (Å²) in [6, 6.07) is 13.9. The third-order valence-electron chi connectivity index (χ3n) is 3.31. The van der Waals surface area contributed by atoms with E-state index in [9.17, 15) is 4.79 Å². The van der Waals surface area contributed by atoms with Crippen LogP contribution in [0, 0.1) is 0 Å². The van der Waals surface area contributed by atoms with Crippen molar-refractivity contribution in [3.8, 4) is 11.5 Å². The van der Waals surface area contributed by atoms with Gasteiger partial charge in [-0.05, 0) is 30.5 Å². The van der Waals surface area contributed by atoms with E-state index < -0.39 is 0 Å². The van der Waals surface area contributed by atoms with Crippen LogP contribution in [0.25, 0.3) is 11.5 Å². The van der Waals surface area contributed by atoms with Gasteiger partial charge in [0.2, 0.25) is 0 Å². The van der Waals surface area contributed by atoms with Gasteiger partial charge in [0, 0.05) is 6.54 Å². The predicted molar refractivity (Wildman–Crippen MR) is 77.9 cm³/mol. The van der Waals surface area contributed by atoms with Crippen LogP contribution in [0.2, 0.25) is 0 Å². The van der Waals surface area contributed by atoms with Crippen molar-refractivity contribution in [3.05, 3.63) is 60.0 Å². The maximum Gasteiger partial charge on any atom is 0.172 e. The van der Waals surface area contributed by atoms with Crippen LogP contribution in [0.4, 0.5) is 0 Å². The van der Waals surface area contributed by atoms with E-state index in [-0.39, 0.29) is 0 Å². The molecule has 2 heterocycles. The molecule has 0 unspecified atom stereocenters. The van der Waals surface area contributed by atoms with Gasteiger partial charge in [-0.3, -0.25) is 4.79 Å². The predicted octanol–water partition coefficient (Wildman–Crippen LogP) is 2.98. The Kier molecular flexibility index (Phi) is 3.91. The second-order valence-electron chi connectivity index (χ2n) is 4.73. The summed E-state index contributed by atoms with van der Waals surface area (Å²) < 4.78 is 7.09. The number of rotatable bonds is 6. The van der Waals surface area contributed by atoms with Crippen LogP contribution >= 0.6 is 0 Å². The minimum atomic E-state index is 0.310. The quantitative estimate of drug-likeness (QED) is 0.652. The monoisotopic (exact) mass is 281 g/mol. The van der Waals surface area contributed by atoms with Gasteiger partial charge in [-0.2, -0.15) is 0 Å². The third-order valence-corrected chi connectivity index (χ3v) is 3.31. The molecular weight excluding hydrogens is 266 g/mol. The summed E-state index contributed by atoms with van der Waals surface area (Å²) in [7, 11) is 0. The molecule has 0 N–H and O–H groups in total. The second kappa shape index (κ2) is 6.17. The van der Waals surface area contributed by atoms with Gasteiger partial charge in [0.15, 0.2) is 17.7 Å². The van der Waals surface area contributed by atoms with Crippen LogP contribution in [0.5, 0.6) is 0 Å². The Balaban J connectivity index is 1.74. The van der Waals surface area contributed by atoms with E-state index in [1.54, 1.807) is 23.1 Å². The van der Waals surface area contributed by atoms with E-state index in [1.165, 1.54) is 5.56 Å². The van der Waals surface area contributed by atoms with Crippen molar-refractivity contribution in [2.24, 2.45) is 0 Å². The van der Waals surface area contributed by atoms with Crippen LogP contribution in [0.15, 0.2) is 53.1 Å². The fourth-order valence-electron chi connectivity index (χ4n) is 2.31. The van der Waals surface area contributed by atoms with Gasteiger partial charge in [0.05, 0.1) is 6.26 Å². The average molecular weight is 281 g/mol. The third kappa shape index (κ3) is 2.91. The Morgan fingerprint density at radius 2 is 2.00 bits per heavy atom. The number of carbonyl (C=O) groups is 1. The molecule has 3 rings (SSSR count). The Hall–Kier alpha value is -2.69. The standard InChI is InChI=1S/C16H15N3O2/c20-12-14-16(15-9-5-11-21-15)19(18-17-14)10-4-8-13-6-2-1-3-7-13/h1-3,5-7,9,11-12H,4,8,10H2. The molecule has 0 aliphatic carbocycles. The molecule has 5 nitrogen and oxygen atoms in total. The fraction of sp³-hybridized carbons (Fsp3) is 0.188. The maximum absolute atomic E-state index is 11.1. The number of aldehydes is 1. The highest BCUT2D eigenvalue weighted by molar-refractivity contribution is 5.81. The van der Waals surface area contributed by atoms with Crippen LogP contribution < -0.4 is 0 Å². The molecular formula is C16H15N3O2. The summed E-state index contributed by atoms with van der Waals surface area (Å²) in [6.45, 7) is 0.686. The van der Waals surface area contributed by atoms with Crippen molar-refractivity contribution in [1.29, 1.82) is 0 Å². The summed E-state index contributed by atoms with van der Waals surface area (Å²) in [4.78, 5) is 11.1. The topological polar surface area (TPSA) is 60.9 Å². The van der Waals surface area contributed by atoms with Crippen LogP contribution in [-0.2, 0) is 13.0 Å². The minimum Gasteiger partial charge on any atom is -0.463 e. The Labute approximate surface area is 122 Å². The lowest BCUT2D eigenvalue weighted by Gasteiger charge is -2.05. The molecule has 1 aromatic carbocycles. The highest BCUT2D eigenvalue weighted by atomic mass is 16.3. The lowest BCUT2D eigenvalue weighted by atomic mass is 10.1. The zero-order valence-electron chi connectivity index (χ0n) is 11.5. The van der Waals surface area contributed by atoms with Crippen molar-refractivity contribution >= 4 is 6.29 Å². The molecule has 5 heteroatoms. The first-order chi connectivity index (χ1) is 10.4. The van der Waals surface area contributed by atoms with Crippen LogP contribution in [0.1, 0.15) is 22.5 Å². The van der Waals surface area contributed by atoms with E-state index >= 15 is 0 Å². The van der Waals surface area contributed by atoms with E-state index in [0.717, 1.165) is 12.8 Å². The summed E-state index contributed by atoms with van der Waals surface area (Å²) in [5, 5.41) is 7.95. The zero-order chi connectivity index (χ0) is 14.5. The maximum atomic E-state index is 11.1. The molecule has 0 spiro atoms. The molecule has 0 bridgehead atoms. The summed E-state index contributed by atoms with van der Waals surface area (Å²) >= 11 is 0. The van der Waals surface area contributed by atoms with Crippen LogP contribution in [0.3, 0.4) is 0 Å². The van der Waals surface area contributed by atoms with Crippen molar-refractivity contribution in [3.63, 3.8) is 0 Å². The zero-order valence-corrected chi connectivity index (χ0v) is 11.5. The molecule has 2 aromatic heterocycles. The van der Waals surface area contributed by atoms with Gasteiger partial charge in [-0.15, -0.1) is 5.10 Å². The van der Waals surface area contributed by atoms with Gasteiger partial charge in [0.1, 0.15) is 5.69 Å². The first kappa shape index (κ1) is 13.3. The van der Waals surface area contributed by atoms with Crippen molar-refractivity contribution in [1.82, 2.24) is 15.0 Å². The number of aromatic nitrogens is 3. The number of benzene rings is 1. The van der Waals surface area contributed by atoms with E-state index in [1.807, 2.05) is 18.2 Å². The summed E-state index contributed by atoms with van der Waals surface area (Å²) in [6.07, 6.45) is 4.15. The number of nitrogens with zero attached hydrogens (tertiary/aromatic N) is 3. The Bertz CT molecular complexity index is 702. The number of hydrogen-bond acceptors (Lipinski definition) is 4. The van der Waals surface area contributed by atoms with Gasteiger partial charge < -0.3 is 4.42 Å². The normalized spacial score (nSPS) is 10.7. The second-order valence-corrected chi connectivity index (χ2v) is 4.73. The Morgan fingerprint density at radius 1 is 1.14 bits per heavy atom. The molecule has 106 valence electrons. The summed E-state index contributed by atoms with van der Waals surface area (Å²) in [5.74, 6) is 0.613. The Morgan fingerprint density at radius 3 is 2.71 bits per heavy atom. The molecule has 0 saturated carbocycles. The number of carbonyl (C=O) groups excluding carboxylic acids is 1. The molecule has 0 aliphatic heterocycles. The average Bonchev–Trinajstić information content (AvgIpc) is 3.16. The van der Waals surface area contributed by atoms with Gasteiger partial charge in [0.25, 0.3) is 0 Å². The fourth-order valence-corrected chi connectivity index (χ4v) is 2.31. The van der Waals surface area contributed by atoms with E-state index in [0.29, 0.717) is 30.0 Å². The SMILES string of the molecule is O=Cc1nnn(CCCc2ccccc2)c1-c1ccco1. The van der Waals surface area contributed by atoms with Crippen molar-refractivity contribution in [2.45, 2.75) is 19.4 Å². The smallest absolute Gasteiger partial charge is 0.172 e. The van der Waals surface area contributed by atoms with Gasteiger partial charge >= 0.3 is 0 Å². The molecule has 0 amide bonds. The van der Waals surface area contributed by atoms with Gasteiger partial charge in [-0.25, -0.2) is 4.68 Å². The largest absolute Gasteiger partial charge is 0.463 e. The van der Waals surface area contributed by atoms with Crippen molar-refractivity contribution < 1.29 is 9.21 Å². The van der Waals surface area contributed by atoms with Crippen LogP contribution in [-0.4, -0.2) is 21.3 Å². The van der Waals surface area contributed by atoms with E-state index in [2.05, 4.69) is 22.4 Å². The molecule has 0 saturated heterocycles. The van der Waals surface area contributed by atoms with Gasteiger partial charge in [-0.1, -0.05) is 35.5 Å². The molecule has 0 fully saturated rings. The molecule has 3 aromatic rings. The lowest BCUT2D eigenvalue weighted by molar-refractivity contribution is 0.111. The number of hydrogen-bond donors (Lipinski definition) is 0. The van der Waals surface area contributed by atoms with E-state index in [4.69, 9.17) is 4.42 Å². The highest BCUT2D eigenvalue weighted by Crippen LogP contribution is 2.22. The first-order valence-corrected chi connectivity index (χ1v) is 6.85. The van der Waals surface area contributed by atoms with Crippen molar-refractivity contribution in [2.75, 3.05) is 0 Å². The minimum absolute atomic E-state index is 0.310. The molecule has 0 radical (unpaired) electrons. The summed E-state index contributed by atoms with van der Waals surface area (Å²) in [5.41, 5.74) is 2.24. The lowest BCUT2D eigenvalue weighted by Crippen LogP contribution is -2.04. The highest BCUT2D eigenvalue weighted by Gasteiger charge is 2.16. The molecule has 0 aliphatic rings. The molecule has 0 atom stereocenters. The number of furan rings is 1. The first-order valence-electron chi connectivity index (χ1n) is 6.85. The molecule has 21 heavy (non-hydrogen) atoms.